The van der Waals surface area contributed by atoms with E-state index >= 15 is 0 Å². The molecule has 0 unspecified atom stereocenters. The maximum absolute atomic E-state index is 12.5. The minimum Gasteiger partial charge on any atom is -0.468 e. The Bertz CT molecular complexity index is 724. The summed E-state index contributed by atoms with van der Waals surface area (Å²) in [6.45, 7) is 2.58. The molecule has 6 nitrogen and oxygen atoms in total. The van der Waals surface area contributed by atoms with E-state index < -0.39 is 0 Å². The molecule has 1 aliphatic heterocycles. The lowest BCUT2D eigenvalue weighted by molar-refractivity contribution is 0.0671. The summed E-state index contributed by atoms with van der Waals surface area (Å²) < 4.78 is 12.7. The number of furan rings is 1. The van der Waals surface area contributed by atoms with Crippen LogP contribution in [0, 0.1) is 5.92 Å². The first-order valence-electron chi connectivity index (χ1n) is 9.18. The van der Waals surface area contributed by atoms with Crippen LogP contribution in [0.5, 0.6) is 5.95 Å². The molecule has 2 aromatic rings. The minimum absolute atomic E-state index is 0.0560. The van der Waals surface area contributed by atoms with Crippen molar-refractivity contribution in [2.24, 2.45) is 5.92 Å². The second-order valence-electron chi connectivity index (χ2n) is 7.12. The number of nitrogens with zero attached hydrogens (tertiary/aromatic N) is 3. The van der Waals surface area contributed by atoms with E-state index in [2.05, 4.69) is 15.7 Å². The number of aromatic nitrogens is 2. The van der Waals surface area contributed by atoms with E-state index in [9.17, 15) is 4.79 Å². The molecule has 1 saturated heterocycles. The Labute approximate surface area is 147 Å². The predicted octanol–water partition coefficient (Wildman–Crippen LogP) is 3.30. The molecule has 2 aliphatic rings. The smallest absolute Gasteiger partial charge is 0.289 e. The Kier molecular flexibility index (Phi) is 4.51. The third-order valence-electron chi connectivity index (χ3n) is 5.57. The van der Waals surface area contributed by atoms with E-state index in [0.717, 1.165) is 38.4 Å². The van der Waals surface area contributed by atoms with Gasteiger partial charge in [0.1, 0.15) is 5.82 Å². The van der Waals surface area contributed by atoms with Gasteiger partial charge in [-0.1, -0.05) is 6.42 Å². The van der Waals surface area contributed by atoms with Gasteiger partial charge in [0.2, 0.25) is 0 Å². The zero-order valence-corrected chi connectivity index (χ0v) is 14.7. The summed E-state index contributed by atoms with van der Waals surface area (Å²) in [7, 11) is 1.53. The zero-order chi connectivity index (χ0) is 17.2. The number of likely N-dealkylation sites (tertiary alicyclic amines) is 1. The van der Waals surface area contributed by atoms with Crippen LogP contribution in [0.3, 0.4) is 0 Å². The number of amides is 1. The van der Waals surface area contributed by atoms with Gasteiger partial charge in [-0.25, -0.2) is 4.98 Å². The fourth-order valence-electron chi connectivity index (χ4n) is 3.83. The fourth-order valence-corrected chi connectivity index (χ4v) is 3.83. The standard InChI is InChI=1S/C19H25N3O3/c1-24-17-6-5-16(25-17)19(23)21-10-7-15(8-11-21)18-20-9-12-22(18)13-14-3-2-4-14/h5-6,9,12,14-15H,2-4,7-8,10-11,13H2,1H3. The molecular formula is C19H25N3O3. The fraction of sp³-hybridized carbons (Fsp3) is 0.579. The summed E-state index contributed by atoms with van der Waals surface area (Å²) in [5.41, 5.74) is 0. The number of carbonyl (C=O) groups excluding carboxylic acids is 1. The lowest BCUT2D eigenvalue weighted by atomic mass is 9.85. The molecular weight excluding hydrogens is 318 g/mol. The molecule has 1 aliphatic carbocycles. The molecule has 2 fully saturated rings. The van der Waals surface area contributed by atoms with Crippen molar-refractivity contribution in [1.29, 1.82) is 0 Å². The van der Waals surface area contributed by atoms with Gasteiger partial charge >= 0.3 is 0 Å². The molecule has 2 aromatic heterocycles. The van der Waals surface area contributed by atoms with Gasteiger partial charge in [-0.3, -0.25) is 4.79 Å². The highest BCUT2D eigenvalue weighted by molar-refractivity contribution is 5.91. The Morgan fingerprint density at radius 3 is 2.72 bits per heavy atom. The van der Waals surface area contributed by atoms with Crippen LogP contribution in [0.15, 0.2) is 28.9 Å². The first-order valence-corrected chi connectivity index (χ1v) is 9.18. The molecule has 134 valence electrons. The lowest BCUT2D eigenvalue weighted by Crippen LogP contribution is -2.38. The lowest BCUT2D eigenvalue weighted by Gasteiger charge is -2.32. The third kappa shape index (κ3) is 3.30. The molecule has 3 heterocycles. The van der Waals surface area contributed by atoms with E-state index in [1.807, 2.05) is 11.1 Å². The van der Waals surface area contributed by atoms with Gasteiger partial charge in [-0.2, -0.15) is 0 Å². The molecule has 4 rings (SSSR count). The average molecular weight is 343 g/mol. The highest BCUT2D eigenvalue weighted by atomic mass is 16.6. The second kappa shape index (κ2) is 6.94. The number of imidazole rings is 1. The van der Waals surface area contributed by atoms with E-state index in [0.29, 0.717) is 17.6 Å². The quantitative estimate of drug-likeness (QED) is 0.836. The average Bonchev–Trinajstić information content (AvgIpc) is 3.27. The van der Waals surface area contributed by atoms with Crippen molar-refractivity contribution in [3.8, 4) is 5.95 Å². The van der Waals surface area contributed by atoms with E-state index in [4.69, 9.17) is 9.15 Å². The van der Waals surface area contributed by atoms with Crippen LogP contribution in [-0.4, -0.2) is 40.6 Å². The van der Waals surface area contributed by atoms with Gasteiger partial charge < -0.3 is 18.6 Å². The molecule has 1 saturated carbocycles. The number of hydrogen-bond acceptors (Lipinski definition) is 4. The molecule has 0 bridgehead atoms. The van der Waals surface area contributed by atoms with Gasteiger partial charge in [-0.15, -0.1) is 0 Å². The van der Waals surface area contributed by atoms with Gasteiger partial charge in [0.05, 0.1) is 7.11 Å². The van der Waals surface area contributed by atoms with Crippen LogP contribution in [0.25, 0.3) is 0 Å². The highest BCUT2D eigenvalue weighted by Gasteiger charge is 2.29. The van der Waals surface area contributed by atoms with E-state index in [-0.39, 0.29) is 5.91 Å². The summed E-state index contributed by atoms with van der Waals surface area (Å²) in [6.07, 6.45) is 9.98. The van der Waals surface area contributed by atoms with Crippen LogP contribution >= 0.6 is 0 Å². The molecule has 0 atom stereocenters. The topological polar surface area (TPSA) is 60.5 Å². The molecule has 25 heavy (non-hydrogen) atoms. The van der Waals surface area contributed by atoms with Gasteiger partial charge in [-0.05, 0) is 37.7 Å². The van der Waals surface area contributed by atoms with Crippen molar-refractivity contribution < 1.29 is 13.9 Å². The molecule has 0 aromatic carbocycles. The Morgan fingerprint density at radius 1 is 1.28 bits per heavy atom. The molecule has 0 radical (unpaired) electrons. The van der Waals surface area contributed by atoms with Gasteiger partial charge in [0.25, 0.3) is 11.9 Å². The van der Waals surface area contributed by atoms with E-state index in [1.165, 1.54) is 32.2 Å². The first kappa shape index (κ1) is 16.2. The monoisotopic (exact) mass is 343 g/mol. The maximum Gasteiger partial charge on any atom is 0.289 e. The van der Waals surface area contributed by atoms with Crippen molar-refractivity contribution in [2.75, 3.05) is 20.2 Å². The normalized spacial score (nSPS) is 19.0. The summed E-state index contributed by atoms with van der Waals surface area (Å²) in [4.78, 5) is 19.0. The van der Waals surface area contributed by atoms with Crippen LogP contribution in [0.4, 0.5) is 0 Å². The summed E-state index contributed by atoms with van der Waals surface area (Å²) >= 11 is 0. The summed E-state index contributed by atoms with van der Waals surface area (Å²) in [6, 6.07) is 3.36. The Balaban J connectivity index is 1.36. The maximum atomic E-state index is 12.5. The first-order chi connectivity index (χ1) is 12.2. The number of piperidine rings is 1. The minimum atomic E-state index is -0.0560. The number of rotatable bonds is 5. The van der Waals surface area contributed by atoms with Crippen LogP contribution < -0.4 is 4.74 Å². The van der Waals surface area contributed by atoms with Crippen LogP contribution in [0.1, 0.15) is 54.4 Å². The molecule has 0 spiro atoms. The highest BCUT2D eigenvalue weighted by Crippen LogP contribution is 2.32. The van der Waals surface area contributed by atoms with Crippen molar-refractivity contribution in [3.63, 3.8) is 0 Å². The van der Waals surface area contributed by atoms with Crippen molar-refractivity contribution in [1.82, 2.24) is 14.5 Å². The molecule has 6 heteroatoms. The van der Waals surface area contributed by atoms with Crippen LogP contribution in [0.2, 0.25) is 0 Å². The number of hydrogen-bond donors (Lipinski definition) is 0. The Hall–Kier alpha value is -2.24. The van der Waals surface area contributed by atoms with Gasteiger partial charge in [0, 0.05) is 44.0 Å². The number of carbonyl (C=O) groups is 1. The van der Waals surface area contributed by atoms with Crippen molar-refractivity contribution in [2.45, 2.75) is 44.6 Å². The van der Waals surface area contributed by atoms with Crippen LogP contribution in [-0.2, 0) is 6.54 Å². The summed E-state index contributed by atoms with van der Waals surface area (Å²) in [5.74, 6) is 3.12. The summed E-state index contributed by atoms with van der Waals surface area (Å²) in [5, 5.41) is 0. The molecule has 1 amide bonds. The van der Waals surface area contributed by atoms with E-state index in [1.54, 1.807) is 12.1 Å². The van der Waals surface area contributed by atoms with Gasteiger partial charge in [0.15, 0.2) is 5.76 Å². The number of ether oxygens (including phenoxy) is 1. The van der Waals surface area contributed by atoms with Crippen molar-refractivity contribution in [3.05, 3.63) is 36.1 Å². The zero-order valence-electron chi connectivity index (χ0n) is 14.7. The largest absolute Gasteiger partial charge is 0.468 e. The SMILES string of the molecule is COc1ccc(C(=O)N2CCC(c3nccn3CC3CCC3)CC2)o1. The predicted molar refractivity (Wildman–Crippen MR) is 92.7 cm³/mol. The second-order valence-corrected chi connectivity index (χ2v) is 7.12. The number of methoxy groups -OCH3 is 1. The third-order valence-corrected chi connectivity index (χ3v) is 5.57. The Morgan fingerprint density at radius 2 is 2.08 bits per heavy atom. The molecule has 0 N–H and O–H groups in total. The van der Waals surface area contributed by atoms with Crippen molar-refractivity contribution >= 4 is 5.91 Å².